The Labute approximate surface area is 185 Å². The molecule has 29 heavy (non-hydrogen) atoms. The van der Waals surface area contributed by atoms with Gasteiger partial charge in [-0.05, 0) is 0 Å². The fourth-order valence-electron chi connectivity index (χ4n) is 4.17. The van der Waals surface area contributed by atoms with Gasteiger partial charge in [0, 0.05) is 0 Å². The van der Waals surface area contributed by atoms with E-state index >= 15 is 0 Å². The quantitative estimate of drug-likeness (QED) is 0.383. The van der Waals surface area contributed by atoms with Crippen LogP contribution >= 0.6 is 31.6 Å². The molecule has 0 bridgehead atoms. The molecule has 0 aliphatic heterocycles. The average Bonchev–Trinajstić information content (AvgIpc) is 2.78. The Balaban J connectivity index is 0.00000150. The number of hydrogen-bond acceptors (Lipinski definition) is 1. The number of hydrogen-bond donors (Lipinski definition) is 0. The Hall–Kier alpha value is -2.15. The van der Waals surface area contributed by atoms with Gasteiger partial charge in [-0.3, -0.25) is 0 Å². The fourth-order valence-corrected chi connectivity index (χ4v) is 9.76. The third-order valence-electron chi connectivity index (χ3n) is 5.36. The second kappa shape index (κ2) is 9.57. The first-order valence-corrected chi connectivity index (χ1v) is 11.3. The molecule has 0 aromatic heterocycles. The molecule has 0 saturated heterocycles. The molecule has 0 fully saturated rings. The van der Waals surface area contributed by atoms with Gasteiger partial charge in [0.1, 0.15) is 0 Å². The van der Waals surface area contributed by atoms with Crippen LogP contribution in [0.15, 0.2) is 121 Å². The van der Waals surface area contributed by atoms with Gasteiger partial charge in [-0.2, -0.15) is 0 Å². The zero-order chi connectivity index (χ0) is 18.6. The molecule has 0 N–H and O–H groups in total. The van der Waals surface area contributed by atoms with Gasteiger partial charge in [-0.25, -0.2) is 0 Å². The Kier molecular flexibility index (Phi) is 7.63. The van der Waals surface area contributed by atoms with Crippen LogP contribution in [0.2, 0.25) is 0 Å². The zero-order valence-electron chi connectivity index (χ0n) is 16.2. The summed E-state index contributed by atoms with van der Waals surface area (Å²) in [7, 11) is 1.86. The summed E-state index contributed by atoms with van der Waals surface area (Å²) in [5.41, 5.74) is 0. The summed E-state index contributed by atoms with van der Waals surface area (Å²) in [4.78, 5) is 0. The first-order valence-electron chi connectivity index (χ1n) is 9.13. The van der Waals surface area contributed by atoms with Gasteiger partial charge in [0.05, 0.1) is 0 Å². The molecule has 0 saturated carbocycles. The first kappa shape index (κ1) is 23.1. The second-order valence-electron chi connectivity index (χ2n) is 6.56. The van der Waals surface area contributed by atoms with Gasteiger partial charge in [0.25, 0.3) is 0 Å². The van der Waals surface area contributed by atoms with Gasteiger partial charge >= 0.3 is 161 Å². The van der Waals surface area contributed by atoms with Crippen molar-refractivity contribution in [3.05, 3.63) is 121 Å². The van der Waals surface area contributed by atoms with Crippen LogP contribution in [0.3, 0.4) is 0 Å². The van der Waals surface area contributed by atoms with E-state index in [0.717, 1.165) is 0 Å². The molecule has 4 heteroatoms. The molecular formula is C25H25Cl2OP. The van der Waals surface area contributed by atoms with Crippen molar-refractivity contribution in [2.45, 2.75) is 0 Å². The summed E-state index contributed by atoms with van der Waals surface area (Å²) in [5.74, 6) is 0. The maximum atomic E-state index is 6.80. The van der Waals surface area contributed by atoms with Crippen LogP contribution in [-0.2, 0) is 4.52 Å². The van der Waals surface area contributed by atoms with Crippen molar-refractivity contribution in [3.63, 3.8) is 0 Å². The molecule has 0 unspecified atom stereocenters. The normalized spacial score (nSPS) is 12.0. The molecule has 0 aliphatic carbocycles. The third kappa shape index (κ3) is 3.39. The Morgan fingerprint density at radius 3 is 0.793 bits per heavy atom. The van der Waals surface area contributed by atoms with Crippen molar-refractivity contribution in [2.24, 2.45) is 0 Å². The van der Waals surface area contributed by atoms with Crippen molar-refractivity contribution in [2.75, 3.05) is 7.11 Å². The van der Waals surface area contributed by atoms with Gasteiger partial charge in [-0.1, -0.05) is 0 Å². The van der Waals surface area contributed by atoms with Gasteiger partial charge < -0.3 is 0 Å². The van der Waals surface area contributed by atoms with Crippen molar-refractivity contribution in [1.29, 1.82) is 0 Å². The van der Waals surface area contributed by atoms with E-state index in [1.807, 2.05) is 7.11 Å². The van der Waals surface area contributed by atoms with E-state index < -0.39 is 6.83 Å². The minimum absolute atomic E-state index is 0. The molecule has 150 valence electrons. The summed E-state index contributed by atoms with van der Waals surface area (Å²) in [6, 6.07) is 42.7. The summed E-state index contributed by atoms with van der Waals surface area (Å²) in [6.07, 6.45) is 0. The van der Waals surface area contributed by atoms with E-state index in [4.69, 9.17) is 4.52 Å². The predicted octanol–water partition coefficient (Wildman–Crippen LogP) is 5.25. The molecule has 0 spiro atoms. The standard InChI is InChI=1S/C25H23OP.2ClH/c1-26-27(22-14-6-2-7-15-22,23-16-8-3-9-17-23,24-18-10-4-11-19-24)25-20-12-5-13-21-25;;/h2-21H,1H3;2*1H. The SMILES string of the molecule is COP(c1ccccc1)(c1ccccc1)(c1ccccc1)c1ccccc1.Cl.Cl. The molecule has 0 amide bonds. The maximum Gasteiger partial charge on any atom is -0.147 e. The molecule has 0 atom stereocenters. The molecule has 0 radical (unpaired) electrons. The van der Waals surface area contributed by atoms with E-state index in [-0.39, 0.29) is 24.8 Å². The maximum absolute atomic E-state index is 6.80. The summed E-state index contributed by atoms with van der Waals surface area (Å²) < 4.78 is 6.80. The molecular weight excluding hydrogens is 418 g/mol. The van der Waals surface area contributed by atoms with Crippen LogP contribution in [0.4, 0.5) is 0 Å². The van der Waals surface area contributed by atoms with Crippen molar-refractivity contribution < 1.29 is 4.52 Å². The Morgan fingerprint density at radius 1 is 0.414 bits per heavy atom. The van der Waals surface area contributed by atoms with Gasteiger partial charge in [-0.15, -0.1) is 24.8 Å². The van der Waals surface area contributed by atoms with Crippen LogP contribution in [0.25, 0.3) is 0 Å². The van der Waals surface area contributed by atoms with Crippen molar-refractivity contribution >= 4 is 52.9 Å². The number of rotatable bonds is 5. The van der Waals surface area contributed by atoms with E-state index in [2.05, 4.69) is 121 Å². The number of halogens is 2. The Morgan fingerprint density at radius 2 is 0.621 bits per heavy atom. The molecule has 1 nitrogen and oxygen atoms in total. The minimum Gasteiger partial charge on any atom is -0.147 e. The van der Waals surface area contributed by atoms with Gasteiger partial charge in [0.2, 0.25) is 0 Å². The molecule has 4 aromatic rings. The van der Waals surface area contributed by atoms with E-state index in [1.54, 1.807) is 0 Å². The second-order valence-corrected chi connectivity index (χ2v) is 11.1. The Bertz CT molecular complexity index is 840. The van der Waals surface area contributed by atoms with Crippen molar-refractivity contribution in [1.82, 2.24) is 0 Å². The van der Waals surface area contributed by atoms with E-state index in [1.165, 1.54) is 21.2 Å². The van der Waals surface area contributed by atoms with E-state index in [0.29, 0.717) is 0 Å². The fraction of sp³-hybridized carbons (Fsp3) is 0.0400. The van der Waals surface area contributed by atoms with Crippen LogP contribution in [0.5, 0.6) is 0 Å². The third-order valence-corrected chi connectivity index (χ3v) is 11.2. The largest absolute Gasteiger partial charge is 0.147 e. The van der Waals surface area contributed by atoms with Crippen LogP contribution in [0.1, 0.15) is 0 Å². The van der Waals surface area contributed by atoms with Crippen LogP contribution in [0, 0.1) is 0 Å². The van der Waals surface area contributed by atoms with Gasteiger partial charge in [0.15, 0.2) is 0 Å². The smallest absolute Gasteiger partial charge is 0.147 e. The first-order chi connectivity index (χ1) is 13.3. The summed E-state index contributed by atoms with van der Waals surface area (Å²) >= 11 is 0. The topological polar surface area (TPSA) is 9.23 Å². The minimum atomic E-state index is -3.34. The summed E-state index contributed by atoms with van der Waals surface area (Å²) in [6.45, 7) is -3.34. The van der Waals surface area contributed by atoms with Crippen molar-refractivity contribution in [3.8, 4) is 0 Å². The molecule has 0 aliphatic rings. The average molecular weight is 443 g/mol. The molecule has 0 heterocycles. The zero-order valence-corrected chi connectivity index (χ0v) is 18.7. The van der Waals surface area contributed by atoms with Crippen LogP contribution in [-0.4, -0.2) is 7.11 Å². The molecule has 4 rings (SSSR count). The molecule has 4 aromatic carbocycles. The summed E-state index contributed by atoms with van der Waals surface area (Å²) in [5, 5.41) is 4.81. The number of benzene rings is 4. The van der Waals surface area contributed by atoms with E-state index in [9.17, 15) is 0 Å². The predicted molar refractivity (Wildman–Crippen MR) is 133 cm³/mol. The van der Waals surface area contributed by atoms with Crippen LogP contribution < -0.4 is 21.2 Å². The monoisotopic (exact) mass is 442 g/mol.